The molecule has 5 atom stereocenters. The summed E-state index contributed by atoms with van der Waals surface area (Å²) in [6, 6.07) is 0. The van der Waals surface area contributed by atoms with Crippen molar-refractivity contribution in [3.63, 3.8) is 0 Å². The van der Waals surface area contributed by atoms with Gasteiger partial charge in [0.2, 0.25) is 5.91 Å². The van der Waals surface area contributed by atoms with E-state index < -0.39 is 37.6 Å². The van der Waals surface area contributed by atoms with Gasteiger partial charge in [-0.3, -0.25) is 4.79 Å². The number of hydrogen-bond donors (Lipinski definition) is 4. The third-order valence-corrected chi connectivity index (χ3v) is 3.00. The first-order valence-corrected chi connectivity index (χ1v) is 5.36. The van der Waals surface area contributed by atoms with Gasteiger partial charge in [0.05, 0.1) is 6.61 Å². The first-order valence-electron chi connectivity index (χ1n) is 5.36. The quantitative estimate of drug-likeness (QED) is 0.432. The molecule has 0 spiro atoms. The second kappa shape index (κ2) is 4.83. The highest BCUT2D eigenvalue weighted by Gasteiger charge is 2.48. The van der Waals surface area contributed by atoms with Gasteiger partial charge in [-0.15, -0.1) is 0 Å². The Labute approximate surface area is 96.8 Å². The van der Waals surface area contributed by atoms with E-state index in [-0.39, 0.29) is 18.9 Å². The van der Waals surface area contributed by atoms with Crippen LogP contribution in [0.1, 0.15) is 6.42 Å². The fraction of sp³-hybridized carbons (Fsp3) is 0.889. The van der Waals surface area contributed by atoms with Crippen molar-refractivity contribution < 1.29 is 29.2 Å². The van der Waals surface area contributed by atoms with Crippen LogP contribution in [0.2, 0.25) is 0 Å². The molecule has 0 bridgehead atoms. The summed E-state index contributed by atoms with van der Waals surface area (Å²) in [5, 5.41) is 30.1. The molecule has 2 fully saturated rings. The lowest BCUT2D eigenvalue weighted by Gasteiger charge is -2.36. The maximum atomic E-state index is 13.7. The minimum Gasteiger partial charge on any atom is -0.394 e. The van der Waals surface area contributed by atoms with Gasteiger partial charge in [-0.05, 0) is 0 Å². The number of alkyl halides is 1. The average molecular weight is 250 g/mol. The number of aliphatic hydroxyl groups is 3. The molecule has 0 aliphatic carbocycles. The van der Waals surface area contributed by atoms with Gasteiger partial charge in [0, 0.05) is 13.0 Å². The van der Waals surface area contributed by atoms with E-state index in [0.29, 0.717) is 0 Å². The summed E-state index contributed by atoms with van der Waals surface area (Å²) >= 11 is 0. The zero-order chi connectivity index (χ0) is 12.6. The van der Waals surface area contributed by atoms with E-state index in [1.807, 2.05) is 0 Å². The zero-order valence-electron chi connectivity index (χ0n) is 8.99. The number of nitrogens with one attached hydrogen (secondary N) is 1. The van der Waals surface area contributed by atoms with Gasteiger partial charge < -0.3 is 25.4 Å². The van der Waals surface area contributed by atoms with E-state index >= 15 is 0 Å². The fourth-order valence-corrected chi connectivity index (χ4v) is 2.04. The molecule has 2 aliphatic heterocycles. The van der Waals surface area contributed by atoms with E-state index in [1.54, 1.807) is 0 Å². The minimum atomic E-state index is -1.74. The van der Waals surface area contributed by atoms with E-state index in [2.05, 4.69) is 5.32 Å². The Hall–Kier alpha value is -0.800. The molecule has 0 aromatic carbocycles. The van der Waals surface area contributed by atoms with E-state index in [4.69, 9.17) is 9.84 Å². The van der Waals surface area contributed by atoms with Crippen LogP contribution in [0.3, 0.4) is 0 Å². The van der Waals surface area contributed by atoms with Gasteiger partial charge in [-0.25, -0.2) is 9.29 Å². The molecule has 2 aliphatic rings. The van der Waals surface area contributed by atoms with Gasteiger partial charge in [-0.1, -0.05) is 0 Å². The lowest BCUT2D eigenvalue weighted by atomic mass is 10.1. The smallest absolute Gasteiger partial charge is 0.224 e. The average Bonchev–Trinajstić information content (AvgIpc) is 2.57. The fourth-order valence-electron chi connectivity index (χ4n) is 2.04. The second-order valence-corrected chi connectivity index (χ2v) is 4.11. The standard InChI is InChI=1S/C9H15FN2O5/c10-6-7(15)4(3-13)17-8(6)12-2-1-5(14)11-9(12)16/h4,6-9,13,15-16H,1-3H2,(H,11,14)/t4-,6?,7?,8-,9?/m1/s1. The molecule has 7 nitrogen and oxygen atoms in total. The molecule has 0 aromatic rings. The van der Waals surface area contributed by atoms with Crippen molar-refractivity contribution in [2.75, 3.05) is 13.2 Å². The highest BCUT2D eigenvalue weighted by Crippen LogP contribution is 2.28. The molecule has 98 valence electrons. The Morgan fingerprint density at radius 1 is 1.53 bits per heavy atom. The summed E-state index contributed by atoms with van der Waals surface area (Å²) in [7, 11) is 0. The number of carbonyl (C=O) groups excluding carboxylic acids is 1. The number of hydrogen-bond acceptors (Lipinski definition) is 6. The summed E-state index contributed by atoms with van der Waals surface area (Å²) in [6.45, 7) is -0.378. The van der Waals surface area contributed by atoms with Crippen LogP contribution >= 0.6 is 0 Å². The predicted molar refractivity (Wildman–Crippen MR) is 52.1 cm³/mol. The van der Waals surface area contributed by atoms with Crippen LogP contribution in [0.5, 0.6) is 0 Å². The summed E-state index contributed by atoms with van der Waals surface area (Å²) in [4.78, 5) is 12.2. The van der Waals surface area contributed by atoms with Crippen LogP contribution in [0.15, 0.2) is 0 Å². The highest BCUT2D eigenvalue weighted by molar-refractivity contribution is 5.76. The summed E-state index contributed by atoms with van der Waals surface area (Å²) in [6.07, 6.45) is -6.59. The van der Waals surface area contributed by atoms with Crippen molar-refractivity contribution in [1.29, 1.82) is 0 Å². The topological polar surface area (TPSA) is 102 Å². The molecule has 4 N–H and O–H groups in total. The SMILES string of the molecule is O=C1CCN([C@@H]2O[C@H](CO)C(O)C2F)C(O)N1. The van der Waals surface area contributed by atoms with Crippen LogP contribution in [-0.4, -0.2) is 70.2 Å². The molecule has 2 rings (SSSR count). The van der Waals surface area contributed by atoms with Crippen LogP contribution in [-0.2, 0) is 9.53 Å². The third-order valence-electron chi connectivity index (χ3n) is 3.00. The van der Waals surface area contributed by atoms with Crippen molar-refractivity contribution in [3.8, 4) is 0 Å². The lowest BCUT2D eigenvalue weighted by Crippen LogP contribution is -2.59. The number of aliphatic hydroxyl groups excluding tert-OH is 3. The van der Waals surface area contributed by atoms with Crippen molar-refractivity contribution in [2.45, 2.75) is 37.4 Å². The summed E-state index contributed by atoms with van der Waals surface area (Å²) < 4.78 is 18.8. The van der Waals surface area contributed by atoms with Gasteiger partial charge >= 0.3 is 0 Å². The van der Waals surface area contributed by atoms with Gasteiger partial charge in [-0.2, -0.15) is 0 Å². The number of rotatable bonds is 2. The van der Waals surface area contributed by atoms with E-state index in [1.165, 1.54) is 4.90 Å². The molecule has 0 saturated carbocycles. The summed E-state index contributed by atoms with van der Waals surface area (Å²) in [5.41, 5.74) is 0. The molecular formula is C9H15FN2O5. The Kier molecular flexibility index (Phi) is 3.59. The zero-order valence-corrected chi connectivity index (χ0v) is 8.99. The Bertz CT molecular complexity index is 305. The summed E-state index contributed by atoms with van der Waals surface area (Å²) in [5.74, 6) is -0.332. The molecular weight excluding hydrogens is 235 g/mol. The third kappa shape index (κ3) is 2.26. The molecule has 2 heterocycles. The van der Waals surface area contributed by atoms with Crippen molar-refractivity contribution >= 4 is 5.91 Å². The van der Waals surface area contributed by atoms with Crippen molar-refractivity contribution in [1.82, 2.24) is 10.2 Å². The minimum absolute atomic E-state index is 0.115. The second-order valence-electron chi connectivity index (χ2n) is 4.11. The largest absolute Gasteiger partial charge is 0.394 e. The maximum Gasteiger partial charge on any atom is 0.224 e. The Morgan fingerprint density at radius 2 is 2.24 bits per heavy atom. The molecule has 1 amide bonds. The number of amides is 1. The van der Waals surface area contributed by atoms with Gasteiger partial charge in [0.1, 0.15) is 18.4 Å². The van der Waals surface area contributed by atoms with Crippen molar-refractivity contribution in [3.05, 3.63) is 0 Å². The Morgan fingerprint density at radius 3 is 2.76 bits per heavy atom. The number of ether oxygens (including phenoxy) is 1. The van der Waals surface area contributed by atoms with Gasteiger partial charge in [0.15, 0.2) is 12.5 Å². The van der Waals surface area contributed by atoms with E-state index in [0.717, 1.165) is 0 Å². The lowest BCUT2D eigenvalue weighted by molar-refractivity contribution is -0.173. The van der Waals surface area contributed by atoms with Gasteiger partial charge in [0.25, 0.3) is 0 Å². The molecule has 17 heavy (non-hydrogen) atoms. The molecule has 2 saturated heterocycles. The molecule has 0 radical (unpaired) electrons. The first-order chi connectivity index (χ1) is 8.04. The highest BCUT2D eigenvalue weighted by atomic mass is 19.1. The maximum absolute atomic E-state index is 13.7. The number of nitrogens with zero attached hydrogens (tertiary/aromatic N) is 1. The van der Waals surface area contributed by atoms with Crippen LogP contribution in [0.25, 0.3) is 0 Å². The normalized spacial score (nSPS) is 43.8. The van der Waals surface area contributed by atoms with Crippen LogP contribution in [0, 0.1) is 0 Å². The number of carbonyl (C=O) groups is 1. The van der Waals surface area contributed by atoms with Crippen LogP contribution in [0.4, 0.5) is 4.39 Å². The number of halogens is 1. The first kappa shape index (κ1) is 12.7. The van der Waals surface area contributed by atoms with Crippen LogP contribution < -0.4 is 5.32 Å². The van der Waals surface area contributed by atoms with Crippen molar-refractivity contribution in [2.24, 2.45) is 0 Å². The molecule has 3 unspecified atom stereocenters. The monoisotopic (exact) mass is 250 g/mol. The Balaban J connectivity index is 2.05. The predicted octanol–water partition coefficient (Wildman–Crippen LogP) is -2.50. The van der Waals surface area contributed by atoms with E-state index in [9.17, 15) is 19.4 Å². The molecule has 0 aromatic heterocycles. The molecule has 8 heteroatoms.